The lowest BCUT2D eigenvalue weighted by Gasteiger charge is -2.41. The van der Waals surface area contributed by atoms with Crippen LogP contribution in [0, 0.1) is 5.92 Å². The molecule has 0 saturated heterocycles. The third kappa shape index (κ3) is 1.69. The maximum atomic E-state index is 9.33. The zero-order valence-corrected chi connectivity index (χ0v) is 6.98. The van der Waals surface area contributed by atoms with Crippen molar-refractivity contribution in [3.05, 3.63) is 0 Å². The van der Waals surface area contributed by atoms with Gasteiger partial charge in [0.25, 0.3) is 0 Å². The van der Waals surface area contributed by atoms with Gasteiger partial charge in [-0.05, 0) is 0 Å². The second-order valence-electron chi connectivity index (χ2n) is 3.39. The summed E-state index contributed by atoms with van der Waals surface area (Å²) in [6, 6.07) is -0.932. The van der Waals surface area contributed by atoms with E-state index in [2.05, 4.69) is 0 Å². The molecule has 1 aliphatic rings. The van der Waals surface area contributed by atoms with Crippen molar-refractivity contribution in [2.45, 2.75) is 30.5 Å². The smallest absolute Gasteiger partial charge is 0.110 e. The number of aliphatic hydroxyl groups is 5. The minimum Gasteiger partial charge on any atom is -0.396 e. The van der Waals surface area contributed by atoms with Crippen LogP contribution in [0.5, 0.6) is 0 Å². The van der Waals surface area contributed by atoms with Crippen LogP contribution in [0.3, 0.4) is 0 Å². The average Bonchev–Trinajstić information content (AvgIpc) is 2.13. The first-order valence-electron chi connectivity index (χ1n) is 4.09. The molecule has 78 valence electrons. The number of nitrogens with two attached hydrogens (primary N) is 1. The van der Waals surface area contributed by atoms with E-state index in [1.165, 1.54) is 0 Å². The van der Waals surface area contributed by atoms with Crippen LogP contribution in [0.15, 0.2) is 0 Å². The van der Waals surface area contributed by atoms with Gasteiger partial charge in [0.05, 0.1) is 18.8 Å². The summed E-state index contributed by atoms with van der Waals surface area (Å²) < 4.78 is 0. The Morgan fingerprint density at radius 3 is 1.77 bits per heavy atom. The largest absolute Gasteiger partial charge is 0.396 e. The number of rotatable bonds is 1. The molecule has 1 fully saturated rings. The summed E-state index contributed by atoms with van der Waals surface area (Å²) in [6.45, 7) is -0.441. The van der Waals surface area contributed by atoms with Gasteiger partial charge in [0.15, 0.2) is 0 Å². The van der Waals surface area contributed by atoms with Gasteiger partial charge < -0.3 is 31.3 Å². The summed E-state index contributed by atoms with van der Waals surface area (Å²) in [6.07, 6.45) is -5.56. The van der Waals surface area contributed by atoms with Crippen LogP contribution in [0.4, 0.5) is 0 Å². The molecule has 6 nitrogen and oxygen atoms in total. The van der Waals surface area contributed by atoms with Gasteiger partial charge in [-0.25, -0.2) is 0 Å². The summed E-state index contributed by atoms with van der Waals surface area (Å²) in [5.41, 5.74) is 5.43. The predicted molar refractivity (Wildman–Crippen MR) is 42.6 cm³/mol. The zero-order chi connectivity index (χ0) is 10.2. The van der Waals surface area contributed by atoms with Crippen LogP contribution in [-0.2, 0) is 0 Å². The highest BCUT2D eigenvalue weighted by Gasteiger charge is 2.46. The van der Waals surface area contributed by atoms with Crippen molar-refractivity contribution in [3.63, 3.8) is 0 Å². The Kier molecular flexibility index (Phi) is 3.23. The Morgan fingerprint density at radius 2 is 1.31 bits per heavy atom. The summed E-state index contributed by atoms with van der Waals surface area (Å²) in [7, 11) is 0. The molecule has 0 bridgehead atoms. The van der Waals surface area contributed by atoms with Crippen LogP contribution >= 0.6 is 0 Å². The van der Waals surface area contributed by atoms with Crippen molar-refractivity contribution in [3.8, 4) is 0 Å². The zero-order valence-electron chi connectivity index (χ0n) is 6.98. The molecule has 6 heteroatoms. The Bertz CT molecular complexity index is 162. The molecular weight excluding hydrogens is 178 g/mol. The molecule has 0 heterocycles. The Labute approximate surface area is 75.2 Å². The fourth-order valence-corrected chi connectivity index (χ4v) is 1.60. The molecule has 1 rings (SSSR count). The molecule has 7 N–H and O–H groups in total. The van der Waals surface area contributed by atoms with E-state index >= 15 is 0 Å². The molecule has 0 spiro atoms. The topological polar surface area (TPSA) is 127 Å². The molecule has 0 radical (unpaired) electrons. The molecule has 1 aliphatic carbocycles. The minimum absolute atomic E-state index is 0.441. The van der Waals surface area contributed by atoms with Crippen molar-refractivity contribution >= 4 is 0 Å². The van der Waals surface area contributed by atoms with Crippen molar-refractivity contribution in [2.24, 2.45) is 11.7 Å². The molecule has 13 heavy (non-hydrogen) atoms. The van der Waals surface area contributed by atoms with E-state index in [9.17, 15) is 20.4 Å². The summed E-state index contributed by atoms with van der Waals surface area (Å²) >= 11 is 0. The van der Waals surface area contributed by atoms with Crippen LogP contribution in [0.25, 0.3) is 0 Å². The average molecular weight is 193 g/mol. The second kappa shape index (κ2) is 3.87. The van der Waals surface area contributed by atoms with Gasteiger partial charge in [0.1, 0.15) is 12.2 Å². The molecule has 1 saturated carbocycles. The van der Waals surface area contributed by atoms with E-state index in [1.807, 2.05) is 0 Å². The summed E-state index contributed by atoms with van der Waals surface area (Å²) in [5, 5.41) is 45.8. The van der Waals surface area contributed by atoms with E-state index < -0.39 is 43.0 Å². The number of aliphatic hydroxyl groups excluding tert-OH is 5. The second-order valence-corrected chi connectivity index (χ2v) is 3.39. The predicted octanol–water partition coefficient (Wildman–Crippen LogP) is -3.62. The van der Waals surface area contributed by atoms with Crippen molar-refractivity contribution < 1.29 is 25.5 Å². The minimum atomic E-state index is -1.47. The maximum absolute atomic E-state index is 9.33. The lowest BCUT2D eigenvalue weighted by Crippen LogP contribution is -2.64. The molecule has 0 aromatic rings. The highest BCUT2D eigenvalue weighted by atomic mass is 16.4. The lowest BCUT2D eigenvalue weighted by molar-refractivity contribution is -0.171. The molecule has 6 atom stereocenters. The first-order chi connectivity index (χ1) is 6.00. The lowest BCUT2D eigenvalue weighted by atomic mass is 9.78. The molecular formula is C7H15NO5. The van der Waals surface area contributed by atoms with Crippen LogP contribution in [-0.4, -0.2) is 62.6 Å². The van der Waals surface area contributed by atoms with Gasteiger partial charge >= 0.3 is 0 Å². The van der Waals surface area contributed by atoms with Crippen LogP contribution in [0.1, 0.15) is 0 Å². The van der Waals surface area contributed by atoms with Gasteiger partial charge in [0.2, 0.25) is 0 Å². The Balaban J connectivity index is 2.79. The van der Waals surface area contributed by atoms with E-state index in [0.717, 1.165) is 0 Å². The SMILES string of the molecule is N[C@@H]1[C@H](O)[C@@H](O)[C@H](O)[C@@H](O)[C@@H]1CO. The normalized spacial score (nSPS) is 52.2. The van der Waals surface area contributed by atoms with Crippen molar-refractivity contribution in [1.82, 2.24) is 0 Å². The number of hydrogen-bond acceptors (Lipinski definition) is 6. The Morgan fingerprint density at radius 1 is 0.846 bits per heavy atom. The highest BCUT2D eigenvalue weighted by Crippen LogP contribution is 2.24. The first-order valence-corrected chi connectivity index (χ1v) is 4.09. The van der Waals surface area contributed by atoms with Gasteiger partial charge in [-0.1, -0.05) is 0 Å². The third-order valence-electron chi connectivity index (χ3n) is 2.59. The molecule has 0 amide bonds. The molecule has 0 aromatic carbocycles. The monoisotopic (exact) mass is 193 g/mol. The fraction of sp³-hybridized carbons (Fsp3) is 1.00. The van der Waals surface area contributed by atoms with Crippen molar-refractivity contribution in [2.75, 3.05) is 6.61 Å². The van der Waals surface area contributed by atoms with Gasteiger partial charge in [-0.3, -0.25) is 0 Å². The molecule has 0 unspecified atom stereocenters. The number of hydrogen-bond donors (Lipinski definition) is 6. The van der Waals surface area contributed by atoms with Gasteiger partial charge in [-0.15, -0.1) is 0 Å². The van der Waals surface area contributed by atoms with Crippen LogP contribution in [0.2, 0.25) is 0 Å². The highest BCUT2D eigenvalue weighted by molar-refractivity contribution is 4.99. The maximum Gasteiger partial charge on any atom is 0.110 e. The molecule has 0 aliphatic heterocycles. The fourth-order valence-electron chi connectivity index (χ4n) is 1.60. The molecule has 0 aromatic heterocycles. The van der Waals surface area contributed by atoms with E-state index in [0.29, 0.717) is 0 Å². The quantitative estimate of drug-likeness (QED) is 0.255. The standard InChI is InChI=1S/C7H15NO5/c8-3-2(1-9)4(10)6(12)7(13)5(3)11/h2-7,9-13H,1,8H2/t2-,3+,4+,5+,6-,7-/m1/s1. The van der Waals surface area contributed by atoms with E-state index in [4.69, 9.17) is 10.8 Å². The third-order valence-corrected chi connectivity index (χ3v) is 2.59. The van der Waals surface area contributed by atoms with Crippen molar-refractivity contribution in [1.29, 1.82) is 0 Å². The first kappa shape index (κ1) is 10.8. The van der Waals surface area contributed by atoms with Crippen LogP contribution < -0.4 is 5.73 Å². The van der Waals surface area contributed by atoms with E-state index in [1.54, 1.807) is 0 Å². The Hall–Kier alpha value is -0.240. The van der Waals surface area contributed by atoms with E-state index in [-0.39, 0.29) is 0 Å². The summed E-state index contributed by atoms with van der Waals surface area (Å²) in [5.74, 6) is -0.812. The summed E-state index contributed by atoms with van der Waals surface area (Å²) in [4.78, 5) is 0. The van der Waals surface area contributed by atoms with Gasteiger partial charge in [-0.2, -0.15) is 0 Å². The van der Waals surface area contributed by atoms with Gasteiger partial charge in [0, 0.05) is 12.0 Å².